The van der Waals surface area contributed by atoms with Crippen molar-refractivity contribution in [2.45, 2.75) is 4.90 Å². The van der Waals surface area contributed by atoms with E-state index in [4.69, 9.17) is 4.74 Å². The molecule has 0 aromatic heterocycles. The van der Waals surface area contributed by atoms with E-state index < -0.39 is 0 Å². The maximum Gasteiger partial charge on any atom is 0.251 e. The number of anilines is 1. The van der Waals surface area contributed by atoms with E-state index >= 15 is 0 Å². The second kappa shape index (κ2) is 9.62. The van der Waals surface area contributed by atoms with Crippen LogP contribution in [0.5, 0.6) is 11.5 Å². The van der Waals surface area contributed by atoms with Crippen molar-refractivity contribution >= 4 is 29.3 Å². The number of carbonyl (C=O) groups excluding carboxylic acids is 2. The van der Waals surface area contributed by atoms with Crippen molar-refractivity contribution in [3.05, 3.63) is 84.4 Å². The standard InChI is InChI=1S/C22H20N2O3S/c1-28-20-9-5-6-17(14-20)24-21(25)15-23-22(26)16-10-12-19(13-11-16)27-18-7-3-2-4-8-18/h2-14H,15H2,1H3,(H,23,26)(H,24,25). The molecule has 2 N–H and O–H groups in total. The van der Waals surface area contributed by atoms with Gasteiger partial charge in [0.05, 0.1) is 6.54 Å². The van der Waals surface area contributed by atoms with Gasteiger partial charge in [-0.25, -0.2) is 0 Å². The highest BCUT2D eigenvalue weighted by atomic mass is 32.2. The number of carbonyl (C=O) groups is 2. The van der Waals surface area contributed by atoms with Gasteiger partial charge in [0, 0.05) is 16.1 Å². The summed E-state index contributed by atoms with van der Waals surface area (Å²) in [7, 11) is 0. The average Bonchev–Trinajstić information content (AvgIpc) is 2.73. The molecule has 142 valence electrons. The SMILES string of the molecule is CSc1cccc(NC(=O)CNC(=O)c2ccc(Oc3ccccc3)cc2)c1. The Morgan fingerprint density at radius 1 is 0.893 bits per heavy atom. The maximum atomic E-state index is 12.2. The molecule has 5 nitrogen and oxygen atoms in total. The van der Waals surface area contributed by atoms with Crippen molar-refractivity contribution in [2.24, 2.45) is 0 Å². The van der Waals surface area contributed by atoms with Crippen molar-refractivity contribution in [2.75, 3.05) is 18.1 Å². The van der Waals surface area contributed by atoms with E-state index in [1.54, 1.807) is 36.0 Å². The molecule has 0 unspecified atom stereocenters. The van der Waals surface area contributed by atoms with Gasteiger partial charge in [0.2, 0.25) is 5.91 Å². The highest BCUT2D eigenvalue weighted by Gasteiger charge is 2.09. The summed E-state index contributed by atoms with van der Waals surface area (Å²) in [5.74, 6) is 0.756. The predicted molar refractivity (Wildman–Crippen MR) is 112 cm³/mol. The van der Waals surface area contributed by atoms with Gasteiger partial charge in [-0.2, -0.15) is 0 Å². The number of amides is 2. The third kappa shape index (κ3) is 5.62. The zero-order valence-corrected chi connectivity index (χ0v) is 16.2. The monoisotopic (exact) mass is 392 g/mol. The molecule has 0 aliphatic carbocycles. The first-order valence-electron chi connectivity index (χ1n) is 8.69. The van der Waals surface area contributed by atoms with Gasteiger partial charge >= 0.3 is 0 Å². The zero-order chi connectivity index (χ0) is 19.8. The highest BCUT2D eigenvalue weighted by molar-refractivity contribution is 7.98. The first kappa shape index (κ1) is 19.5. The van der Waals surface area contributed by atoms with Crippen LogP contribution in [0.15, 0.2) is 83.8 Å². The predicted octanol–water partition coefficient (Wildman–Crippen LogP) is 4.57. The van der Waals surface area contributed by atoms with Crippen molar-refractivity contribution < 1.29 is 14.3 Å². The second-order valence-electron chi connectivity index (χ2n) is 5.90. The molecule has 0 heterocycles. The molecule has 6 heteroatoms. The summed E-state index contributed by atoms with van der Waals surface area (Å²) in [6, 6.07) is 23.7. The second-order valence-corrected chi connectivity index (χ2v) is 6.78. The van der Waals surface area contributed by atoms with Gasteiger partial charge in [-0.1, -0.05) is 24.3 Å². The van der Waals surface area contributed by atoms with E-state index in [0.717, 1.165) is 10.6 Å². The Labute approximate surface area is 168 Å². The highest BCUT2D eigenvalue weighted by Crippen LogP contribution is 2.21. The molecule has 3 aromatic rings. The van der Waals surface area contributed by atoms with E-state index in [2.05, 4.69) is 10.6 Å². The molecule has 0 saturated carbocycles. The maximum absolute atomic E-state index is 12.2. The molecule has 0 bridgehead atoms. The zero-order valence-electron chi connectivity index (χ0n) is 15.3. The van der Waals surface area contributed by atoms with Crippen LogP contribution in [-0.4, -0.2) is 24.6 Å². The van der Waals surface area contributed by atoms with E-state index in [-0.39, 0.29) is 18.4 Å². The fourth-order valence-corrected chi connectivity index (χ4v) is 2.93. The molecule has 0 fully saturated rings. The number of ether oxygens (including phenoxy) is 1. The molecule has 0 spiro atoms. The summed E-state index contributed by atoms with van der Waals surface area (Å²) in [4.78, 5) is 25.3. The topological polar surface area (TPSA) is 67.4 Å². The lowest BCUT2D eigenvalue weighted by Crippen LogP contribution is -2.32. The molecular weight excluding hydrogens is 372 g/mol. The molecule has 3 rings (SSSR count). The van der Waals surface area contributed by atoms with E-state index in [9.17, 15) is 9.59 Å². The van der Waals surface area contributed by atoms with Crippen LogP contribution >= 0.6 is 11.8 Å². The Kier molecular flexibility index (Phi) is 6.70. The van der Waals surface area contributed by atoms with Gasteiger partial charge in [-0.3, -0.25) is 9.59 Å². The normalized spacial score (nSPS) is 10.2. The van der Waals surface area contributed by atoms with Crippen LogP contribution in [0.4, 0.5) is 5.69 Å². The molecule has 2 amide bonds. The van der Waals surface area contributed by atoms with Crippen LogP contribution in [0.1, 0.15) is 10.4 Å². The van der Waals surface area contributed by atoms with Crippen molar-refractivity contribution in [1.29, 1.82) is 0 Å². The molecule has 0 atom stereocenters. The van der Waals surface area contributed by atoms with Crippen LogP contribution in [-0.2, 0) is 4.79 Å². The molecular formula is C22H20N2O3S. The lowest BCUT2D eigenvalue weighted by molar-refractivity contribution is -0.115. The summed E-state index contributed by atoms with van der Waals surface area (Å²) in [5, 5.41) is 5.39. The van der Waals surface area contributed by atoms with Crippen molar-refractivity contribution in [3.63, 3.8) is 0 Å². The number of hydrogen-bond donors (Lipinski definition) is 2. The van der Waals surface area contributed by atoms with Crippen molar-refractivity contribution in [1.82, 2.24) is 5.32 Å². The number of hydrogen-bond acceptors (Lipinski definition) is 4. The van der Waals surface area contributed by atoms with E-state index in [1.807, 2.05) is 60.9 Å². The summed E-state index contributed by atoms with van der Waals surface area (Å²) in [5.41, 5.74) is 1.16. The van der Waals surface area contributed by atoms with Crippen LogP contribution in [0.2, 0.25) is 0 Å². The first-order valence-corrected chi connectivity index (χ1v) is 9.91. The molecule has 28 heavy (non-hydrogen) atoms. The first-order chi connectivity index (χ1) is 13.6. The summed E-state index contributed by atoms with van der Waals surface area (Å²) < 4.78 is 5.70. The molecule has 0 radical (unpaired) electrons. The Morgan fingerprint density at radius 3 is 2.32 bits per heavy atom. The van der Waals surface area contributed by atoms with Crippen LogP contribution < -0.4 is 15.4 Å². The van der Waals surface area contributed by atoms with Gasteiger partial charge in [0.1, 0.15) is 11.5 Å². The molecule has 0 aliphatic rings. The van der Waals surface area contributed by atoms with Gasteiger partial charge in [-0.05, 0) is 60.9 Å². The fraction of sp³-hybridized carbons (Fsp3) is 0.0909. The molecule has 3 aromatic carbocycles. The Hall–Kier alpha value is -3.25. The van der Waals surface area contributed by atoms with Gasteiger partial charge in [-0.15, -0.1) is 11.8 Å². The van der Waals surface area contributed by atoms with E-state index in [0.29, 0.717) is 17.0 Å². The quantitative estimate of drug-likeness (QED) is 0.578. The molecule has 0 aliphatic heterocycles. The smallest absolute Gasteiger partial charge is 0.251 e. The number of benzene rings is 3. The molecule has 0 saturated heterocycles. The average molecular weight is 392 g/mol. The van der Waals surface area contributed by atoms with Crippen LogP contribution in [0.25, 0.3) is 0 Å². The summed E-state index contributed by atoms with van der Waals surface area (Å²) in [6.45, 7) is -0.107. The third-order valence-corrected chi connectivity index (χ3v) is 4.58. The van der Waals surface area contributed by atoms with Gasteiger partial charge in [0.25, 0.3) is 5.91 Å². The summed E-state index contributed by atoms with van der Waals surface area (Å²) >= 11 is 1.60. The Morgan fingerprint density at radius 2 is 1.61 bits per heavy atom. The van der Waals surface area contributed by atoms with Crippen LogP contribution in [0, 0.1) is 0 Å². The fourth-order valence-electron chi connectivity index (χ4n) is 2.47. The minimum absolute atomic E-state index is 0.107. The number of para-hydroxylation sites is 1. The van der Waals surface area contributed by atoms with Gasteiger partial charge < -0.3 is 15.4 Å². The third-order valence-electron chi connectivity index (χ3n) is 3.86. The number of nitrogens with one attached hydrogen (secondary N) is 2. The van der Waals surface area contributed by atoms with Crippen LogP contribution in [0.3, 0.4) is 0 Å². The summed E-state index contributed by atoms with van der Waals surface area (Å²) in [6.07, 6.45) is 1.97. The lowest BCUT2D eigenvalue weighted by atomic mass is 10.2. The number of rotatable bonds is 7. The van der Waals surface area contributed by atoms with E-state index in [1.165, 1.54) is 0 Å². The largest absolute Gasteiger partial charge is 0.457 e. The Bertz CT molecular complexity index is 944. The lowest BCUT2D eigenvalue weighted by Gasteiger charge is -2.09. The minimum atomic E-state index is -0.320. The van der Waals surface area contributed by atoms with Crippen molar-refractivity contribution in [3.8, 4) is 11.5 Å². The number of thioether (sulfide) groups is 1. The Balaban J connectivity index is 1.50. The minimum Gasteiger partial charge on any atom is -0.457 e. The van der Waals surface area contributed by atoms with Gasteiger partial charge in [0.15, 0.2) is 0 Å².